The van der Waals surface area contributed by atoms with Crippen molar-refractivity contribution in [2.45, 2.75) is 51.7 Å². The van der Waals surface area contributed by atoms with Crippen LogP contribution in [0.4, 0.5) is 0 Å². The van der Waals surface area contributed by atoms with Crippen LogP contribution in [0.2, 0.25) is 0 Å². The van der Waals surface area contributed by atoms with Crippen LogP contribution < -0.4 is 15.4 Å². The van der Waals surface area contributed by atoms with E-state index in [0.717, 1.165) is 18.4 Å². The molecule has 2 aromatic rings. The van der Waals surface area contributed by atoms with Crippen LogP contribution in [0.3, 0.4) is 0 Å². The summed E-state index contributed by atoms with van der Waals surface area (Å²) < 4.78 is 10.1. The van der Waals surface area contributed by atoms with Gasteiger partial charge in [0, 0.05) is 56.8 Å². The maximum Gasteiger partial charge on any atom is 0.223 e. The molecule has 168 valence electrons. The van der Waals surface area contributed by atoms with Crippen molar-refractivity contribution in [3.05, 3.63) is 41.4 Å². The Morgan fingerprint density at radius 2 is 2.16 bits per heavy atom. The van der Waals surface area contributed by atoms with Crippen molar-refractivity contribution in [2.75, 3.05) is 20.7 Å². The van der Waals surface area contributed by atoms with E-state index >= 15 is 0 Å². The van der Waals surface area contributed by atoms with Gasteiger partial charge in [-0.15, -0.1) is 0 Å². The zero-order valence-corrected chi connectivity index (χ0v) is 18.4. The first-order valence-corrected chi connectivity index (χ1v) is 10.6. The van der Waals surface area contributed by atoms with Crippen LogP contribution >= 0.6 is 0 Å². The Hall–Kier alpha value is -2.94. The molecule has 2 aromatic heterocycles. The Morgan fingerprint density at radius 1 is 1.32 bits per heavy atom. The number of amides is 2. The Kier molecular flexibility index (Phi) is 8.00. The van der Waals surface area contributed by atoms with Gasteiger partial charge in [0.15, 0.2) is 0 Å². The molecule has 2 amide bonds. The highest BCUT2D eigenvalue weighted by Gasteiger charge is 2.27. The highest BCUT2D eigenvalue weighted by atomic mass is 16.5. The van der Waals surface area contributed by atoms with Gasteiger partial charge in [-0.2, -0.15) is 0 Å². The van der Waals surface area contributed by atoms with Crippen LogP contribution in [0.1, 0.15) is 42.7 Å². The molecule has 1 fully saturated rings. The maximum atomic E-state index is 12.7. The van der Waals surface area contributed by atoms with Gasteiger partial charge in [-0.25, -0.2) is 4.98 Å². The first-order chi connectivity index (χ1) is 14.9. The van der Waals surface area contributed by atoms with Crippen molar-refractivity contribution in [2.24, 2.45) is 5.92 Å². The minimum absolute atomic E-state index is 0.0164. The van der Waals surface area contributed by atoms with E-state index in [9.17, 15) is 9.59 Å². The van der Waals surface area contributed by atoms with Crippen molar-refractivity contribution < 1.29 is 18.8 Å². The number of aromatic nitrogens is 2. The molecule has 1 aliphatic rings. The average molecular weight is 430 g/mol. The van der Waals surface area contributed by atoms with Crippen LogP contribution in [-0.4, -0.2) is 53.6 Å². The molecule has 2 unspecified atom stereocenters. The topological polar surface area (TPSA) is 110 Å². The van der Waals surface area contributed by atoms with Crippen LogP contribution in [-0.2, 0) is 22.7 Å². The number of rotatable bonds is 7. The van der Waals surface area contributed by atoms with Gasteiger partial charge in [-0.3, -0.25) is 9.59 Å². The number of ether oxygens (including phenoxy) is 1. The monoisotopic (exact) mass is 429 g/mol. The molecule has 0 bridgehead atoms. The third-order valence-electron chi connectivity index (χ3n) is 5.54. The lowest BCUT2D eigenvalue weighted by atomic mass is 9.96. The summed E-state index contributed by atoms with van der Waals surface area (Å²) in [6.07, 6.45) is 4.42. The molecule has 2 atom stereocenters. The number of pyridine rings is 1. The van der Waals surface area contributed by atoms with E-state index in [2.05, 4.69) is 20.8 Å². The summed E-state index contributed by atoms with van der Waals surface area (Å²) in [5.41, 5.74) is 1.73. The summed E-state index contributed by atoms with van der Waals surface area (Å²) >= 11 is 0. The van der Waals surface area contributed by atoms with Gasteiger partial charge in [0.25, 0.3) is 0 Å². The minimum atomic E-state index is -0.340. The molecule has 2 N–H and O–H groups in total. The number of likely N-dealkylation sites (N-methyl/N-ethyl adjacent to an activating group) is 1. The van der Waals surface area contributed by atoms with E-state index in [4.69, 9.17) is 9.26 Å². The number of carbonyl (C=O) groups excluding carboxylic acids is 2. The third kappa shape index (κ3) is 6.78. The minimum Gasteiger partial charge on any atom is -0.481 e. The van der Waals surface area contributed by atoms with Gasteiger partial charge in [0.1, 0.15) is 11.5 Å². The predicted molar refractivity (Wildman–Crippen MR) is 114 cm³/mol. The molecule has 9 nitrogen and oxygen atoms in total. The number of aryl methyl sites for hydroxylation is 1. The summed E-state index contributed by atoms with van der Waals surface area (Å²) in [6, 6.07) is 5.74. The first-order valence-electron chi connectivity index (χ1n) is 10.6. The molecule has 3 rings (SSSR count). The average Bonchev–Trinajstić information content (AvgIpc) is 3.21. The normalized spacial score (nSPS) is 20.0. The molecule has 31 heavy (non-hydrogen) atoms. The quantitative estimate of drug-likeness (QED) is 0.691. The number of hydrogen-bond acceptors (Lipinski definition) is 7. The fraction of sp³-hybridized carbons (Fsp3) is 0.545. The zero-order chi connectivity index (χ0) is 22.2. The lowest BCUT2D eigenvalue weighted by molar-refractivity contribution is -0.135. The molecule has 0 spiro atoms. The van der Waals surface area contributed by atoms with Gasteiger partial charge in [-0.05, 0) is 25.3 Å². The highest BCUT2D eigenvalue weighted by molar-refractivity contribution is 5.85. The summed E-state index contributed by atoms with van der Waals surface area (Å²) in [5, 5.41) is 10.3. The van der Waals surface area contributed by atoms with Crippen molar-refractivity contribution in [3.63, 3.8) is 0 Å². The van der Waals surface area contributed by atoms with Crippen molar-refractivity contribution in [1.82, 2.24) is 25.7 Å². The Bertz CT molecular complexity index is 867. The van der Waals surface area contributed by atoms with E-state index in [0.29, 0.717) is 43.4 Å². The zero-order valence-electron chi connectivity index (χ0n) is 18.4. The van der Waals surface area contributed by atoms with E-state index in [1.54, 1.807) is 38.2 Å². The van der Waals surface area contributed by atoms with Crippen LogP contribution in [0.5, 0.6) is 5.88 Å². The molecule has 0 aliphatic carbocycles. The maximum absolute atomic E-state index is 12.7. The Balaban J connectivity index is 1.53. The Labute approximate surface area is 182 Å². The smallest absolute Gasteiger partial charge is 0.223 e. The number of methoxy groups -OCH3 is 1. The van der Waals surface area contributed by atoms with E-state index < -0.39 is 0 Å². The highest BCUT2D eigenvalue weighted by Crippen LogP contribution is 2.19. The number of nitrogens with zero attached hydrogens (tertiary/aromatic N) is 3. The van der Waals surface area contributed by atoms with Crippen LogP contribution in [0, 0.1) is 12.8 Å². The molecule has 0 aromatic carbocycles. The number of nitrogens with one attached hydrogen (secondary N) is 2. The first kappa shape index (κ1) is 22.7. The van der Waals surface area contributed by atoms with Crippen molar-refractivity contribution >= 4 is 11.8 Å². The summed E-state index contributed by atoms with van der Waals surface area (Å²) in [6.45, 7) is 3.37. The fourth-order valence-corrected chi connectivity index (χ4v) is 3.72. The second-order valence-electron chi connectivity index (χ2n) is 8.04. The molecule has 1 saturated heterocycles. The SMILES string of the molecule is COc1ccc(CNC2CCCC(C(=O)NCc3cc(C)on3)CC(=O)N(C)C2)cn1. The summed E-state index contributed by atoms with van der Waals surface area (Å²) in [4.78, 5) is 31.3. The molecule has 1 aliphatic heterocycles. The van der Waals surface area contributed by atoms with Gasteiger partial charge >= 0.3 is 0 Å². The third-order valence-corrected chi connectivity index (χ3v) is 5.54. The molecule has 0 saturated carbocycles. The lowest BCUT2D eigenvalue weighted by Gasteiger charge is -2.24. The van der Waals surface area contributed by atoms with Crippen molar-refractivity contribution in [3.8, 4) is 5.88 Å². The molecular formula is C22H31N5O4. The Morgan fingerprint density at radius 3 is 2.84 bits per heavy atom. The number of carbonyl (C=O) groups is 2. The van der Waals surface area contributed by atoms with Crippen LogP contribution in [0.25, 0.3) is 0 Å². The van der Waals surface area contributed by atoms with Gasteiger partial charge in [0.2, 0.25) is 17.7 Å². The van der Waals surface area contributed by atoms with Crippen LogP contribution in [0.15, 0.2) is 28.9 Å². The second-order valence-corrected chi connectivity index (χ2v) is 8.04. The second kappa shape index (κ2) is 10.9. The fourth-order valence-electron chi connectivity index (χ4n) is 3.72. The van der Waals surface area contributed by atoms with Gasteiger partial charge in [0.05, 0.1) is 13.7 Å². The molecule has 0 radical (unpaired) electrons. The molecular weight excluding hydrogens is 398 g/mol. The summed E-state index contributed by atoms with van der Waals surface area (Å²) in [7, 11) is 3.39. The van der Waals surface area contributed by atoms with E-state index in [-0.39, 0.29) is 30.2 Å². The predicted octanol–water partition coefficient (Wildman–Crippen LogP) is 1.81. The molecule has 3 heterocycles. The van der Waals surface area contributed by atoms with E-state index in [1.807, 2.05) is 12.1 Å². The largest absolute Gasteiger partial charge is 0.481 e. The standard InChI is InChI=1S/C22H31N5O4/c1-15-9-19(26-31-15)13-25-22(29)17-5-4-6-18(14-27(2)21(28)10-17)23-11-16-7-8-20(30-3)24-12-16/h7-9,12,17-18,23H,4-6,10-11,13-14H2,1-3H3,(H,25,29). The molecule has 9 heteroatoms. The number of hydrogen-bond donors (Lipinski definition) is 2. The lowest BCUT2D eigenvalue weighted by Crippen LogP contribution is -2.41. The van der Waals surface area contributed by atoms with Gasteiger partial charge < -0.3 is 24.8 Å². The van der Waals surface area contributed by atoms with Crippen molar-refractivity contribution in [1.29, 1.82) is 0 Å². The summed E-state index contributed by atoms with van der Waals surface area (Å²) in [5.74, 6) is 0.815. The van der Waals surface area contributed by atoms with E-state index in [1.165, 1.54) is 0 Å². The van der Waals surface area contributed by atoms with Gasteiger partial charge in [-0.1, -0.05) is 17.6 Å².